The van der Waals surface area contributed by atoms with Gasteiger partial charge in [-0.1, -0.05) is 13.5 Å². The number of esters is 1. The summed E-state index contributed by atoms with van der Waals surface area (Å²) in [7, 11) is 0. The average molecular weight is 584 g/mol. The molecule has 4 fully saturated rings. The van der Waals surface area contributed by atoms with E-state index in [2.05, 4.69) is 25.6 Å². The Labute approximate surface area is 248 Å². The van der Waals surface area contributed by atoms with Crippen molar-refractivity contribution in [1.29, 1.82) is 0 Å². The lowest BCUT2D eigenvalue weighted by molar-refractivity contribution is -0.200. The van der Waals surface area contributed by atoms with E-state index in [4.69, 9.17) is 4.74 Å². The molecule has 10 heteroatoms. The Balaban J connectivity index is 0.00000329. The van der Waals surface area contributed by atoms with Crippen molar-refractivity contribution < 1.29 is 23.5 Å². The number of carbonyl (C=O) groups is 3. The third kappa shape index (κ3) is 5.26. The predicted octanol–water partition coefficient (Wildman–Crippen LogP) is 6.49. The fourth-order valence-electron chi connectivity index (χ4n) is 7.82. The van der Waals surface area contributed by atoms with E-state index < -0.39 is 16.8 Å². The minimum atomic E-state index is -0.617. The lowest BCUT2D eigenvalue weighted by atomic mass is 9.47. The Morgan fingerprint density at radius 2 is 1.79 bits per heavy atom. The van der Waals surface area contributed by atoms with Crippen LogP contribution in [-0.4, -0.2) is 38.3 Å². The summed E-state index contributed by atoms with van der Waals surface area (Å²) in [4.78, 5) is 49.9. The first kappa shape index (κ1) is 28.5. The molecule has 222 valence electrons. The Morgan fingerprint density at radius 1 is 1.00 bits per heavy atom. The standard InChI is InChI=1S/C32H30FN5O4.CH4/c1-18(39)42-32-15-19-10-20(16-32)14-31(13-19,17-32)30(41)35-22-6-7-23(24(33)12-22)28-36-25-8-5-21(11-26(25)37-28)29(40)38-27-4-2-3-9-34-27;/h2-9,11-12,19-20H,10,13-17H2,1H3,(H,35,41)(H,36,37)(H,34,38,40);1H4. The Bertz CT molecular complexity index is 1720. The molecule has 8 rings (SSSR count). The molecule has 43 heavy (non-hydrogen) atoms. The lowest BCUT2D eigenvalue weighted by Gasteiger charge is -2.60. The number of imidazole rings is 1. The van der Waals surface area contributed by atoms with Crippen LogP contribution in [0.15, 0.2) is 60.8 Å². The molecule has 2 atom stereocenters. The van der Waals surface area contributed by atoms with E-state index in [9.17, 15) is 14.4 Å². The molecule has 4 aliphatic carbocycles. The van der Waals surface area contributed by atoms with Crippen LogP contribution in [0, 0.1) is 23.1 Å². The van der Waals surface area contributed by atoms with Gasteiger partial charge in [0.15, 0.2) is 0 Å². The third-order valence-corrected chi connectivity index (χ3v) is 8.98. The lowest BCUT2D eigenvalue weighted by Crippen LogP contribution is -2.60. The Kier molecular flexibility index (Phi) is 7.02. The van der Waals surface area contributed by atoms with Gasteiger partial charge in [-0.15, -0.1) is 0 Å². The molecule has 0 spiro atoms. The number of aromatic nitrogens is 3. The summed E-state index contributed by atoms with van der Waals surface area (Å²) < 4.78 is 21.2. The summed E-state index contributed by atoms with van der Waals surface area (Å²) in [5, 5.41) is 5.70. The number of amides is 2. The van der Waals surface area contributed by atoms with Crippen molar-refractivity contribution in [2.24, 2.45) is 17.3 Å². The smallest absolute Gasteiger partial charge is 0.303 e. The zero-order valence-electron chi connectivity index (χ0n) is 23.1. The summed E-state index contributed by atoms with van der Waals surface area (Å²) in [6.45, 7) is 1.43. The second-order valence-electron chi connectivity index (χ2n) is 12.2. The number of pyridine rings is 1. The number of nitrogens with one attached hydrogen (secondary N) is 3. The quantitative estimate of drug-likeness (QED) is 0.223. The van der Waals surface area contributed by atoms with Crippen LogP contribution < -0.4 is 10.6 Å². The van der Waals surface area contributed by atoms with Crippen molar-refractivity contribution >= 4 is 40.3 Å². The van der Waals surface area contributed by atoms with Crippen molar-refractivity contribution in [3.8, 4) is 11.4 Å². The first-order valence-corrected chi connectivity index (χ1v) is 14.2. The van der Waals surface area contributed by atoms with E-state index >= 15 is 4.39 Å². The van der Waals surface area contributed by atoms with Crippen LogP contribution in [0.4, 0.5) is 15.9 Å². The largest absolute Gasteiger partial charge is 0.459 e. The van der Waals surface area contributed by atoms with Gasteiger partial charge in [-0.25, -0.2) is 14.4 Å². The Morgan fingerprint density at radius 3 is 2.49 bits per heavy atom. The molecule has 2 amide bonds. The van der Waals surface area contributed by atoms with E-state index in [-0.39, 0.29) is 30.8 Å². The minimum Gasteiger partial charge on any atom is -0.459 e. The zero-order chi connectivity index (χ0) is 29.1. The topological polar surface area (TPSA) is 126 Å². The number of carbonyl (C=O) groups excluding carboxylic acids is 3. The molecule has 4 aliphatic rings. The molecule has 4 saturated carbocycles. The fourth-order valence-corrected chi connectivity index (χ4v) is 7.82. The highest BCUT2D eigenvalue weighted by atomic mass is 19.1. The van der Waals surface area contributed by atoms with Crippen LogP contribution >= 0.6 is 0 Å². The van der Waals surface area contributed by atoms with Gasteiger partial charge < -0.3 is 20.4 Å². The number of ether oxygens (including phenoxy) is 1. The number of nitrogens with zero attached hydrogens (tertiary/aromatic N) is 2. The van der Waals surface area contributed by atoms with Crippen LogP contribution in [0.5, 0.6) is 0 Å². The highest BCUT2D eigenvalue weighted by molar-refractivity contribution is 6.05. The number of hydrogen-bond acceptors (Lipinski definition) is 6. The summed E-state index contributed by atoms with van der Waals surface area (Å²) >= 11 is 0. The minimum absolute atomic E-state index is 0. The first-order chi connectivity index (χ1) is 20.2. The SMILES string of the molecule is C.CC(=O)OC12CC3CC(C1)CC(C(=O)Nc1ccc(-c4nc5ccc(C(=O)Nc6ccccn6)cc5[nH]4)c(F)c1)(C3)C2. The number of aromatic amines is 1. The normalized spacial score (nSPS) is 25.2. The molecule has 2 aromatic carbocycles. The molecule has 9 nitrogen and oxygen atoms in total. The van der Waals surface area contributed by atoms with Crippen molar-refractivity contribution in [2.75, 3.05) is 10.6 Å². The summed E-state index contributed by atoms with van der Waals surface area (Å²) in [5.41, 5.74) is 0.993. The summed E-state index contributed by atoms with van der Waals surface area (Å²) in [6, 6.07) is 14.8. The monoisotopic (exact) mass is 583 g/mol. The second-order valence-corrected chi connectivity index (χ2v) is 12.2. The van der Waals surface area contributed by atoms with E-state index in [1.807, 2.05) is 0 Å². The molecule has 0 saturated heterocycles. The van der Waals surface area contributed by atoms with E-state index in [0.717, 1.165) is 32.1 Å². The van der Waals surface area contributed by atoms with Gasteiger partial charge in [0.2, 0.25) is 5.91 Å². The highest BCUT2D eigenvalue weighted by Gasteiger charge is 2.62. The number of halogens is 1. The van der Waals surface area contributed by atoms with E-state index in [1.165, 1.54) is 13.0 Å². The maximum absolute atomic E-state index is 15.4. The molecule has 3 N–H and O–H groups in total. The molecule has 0 radical (unpaired) electrons. The number of benzene rings is 2. The fraction of sp³-hybridized carbons (Fsp3) is 0.364. The molecular weight excluding hydrogens is 549 g/mol. The molecule has 4 bridgehead atoms. The van der Waals surface area contributed by atoms with Crippen LogP contribution in [0.3, 0.4) is 0 Å². The zero-order valence-corrected chi connectivity index (χ0v) is 23.1. The van der Waals surface area contributed by atoms with Crippen molar-refractivity contribution in [3.05, 3.63) is 72.2 Å². The summed E-state index contributed by atoms with van der Waals surface area (Å²) in [5.74, 6) is 0.148. The van der Waals surface area contributed by atoms with Gasteiger partial charge in [0.1, 0.15) is 23.1 Å². The third-order valence-electron chi connectivity index (χ3n) is 8.98. The highest BCUT2D eigenvalue weighted by Crippen LogP contribution is 2.63. The van der Waals surface area contributed by atoms with E-state index in [0.29, 0.717) is 52.2 Å². The Hall–Kier alpha value is -4.60. The van der Waals surface area contributed by atoms with Gasteiger partial charge in [-0.05, 0) is 92.5 Å². The number of rotatable bonds is 6. The number of fused-ring (bicyclic) bond motifs is 1. The van der Waals surface area contributed by atoms with Gasteiger partial charge in [-0.2, -0.15) is 0 Å². The van der Waals surface area contributed by atoms with Gasteiger partial charge in [0.05, 0.1) is 22.0 Å². The van der Waals surface area contributed by atoms with Crippen LogP contribution in [0.1, 0.15) is 63.2 Å². The summed E-state index contributed by atoms with van der Waals surface area (Å²) in [6.07, 6.45) is 6.33. The average Bonchev–Trinajstić information content (AvgIpc) is 3.35. The van der Waals surface area contributed by atoms with Gasteiger partial charge in [0.25, 0.3) is 5.91 Å². The second kappa shape index (κ2) is 10.6. The predicted molar refractivity (Wildman–Crippen MR) is 161 cm³/mol. The van der Waals surface area contributed by atoms with Crippen molar-refractivity contribution in [3.63, 3.8) is 0 Å². The van der Waals surface area contributed by atoms with Crippen LogP contribution in [-0.2, 0) is 14.3 Å². The van der Waals surface area contributed by atoms with Crippen molar-refractivity contribution in [2.45, 2.75) is 58.5 Å². The van der Waals surface area contributed by atoms with Crippen LogP contribution in [0.2, 0.25) is 0 Å². The number of anilines is 2. The molecule has 2 aromatic heterocycles. The first-order valence-electron chi connectivity index (χ1n) is 14.2. The molecule has 2 unspecified atom stereocenters. The van der Waals surface area contributed by atoms with Crippen molar-refractivity contribution in [1.82, 2.24) is 15.0 Å². The van der Waals surface area contributed by atoms with Gasteiger partial charge >= 0.3 is 5.97 Å². The number of H-pyrrole nitrogens is 1. The van der Waals surface area contributed by atoms with Crippen LogP contribution in [0.25, 0.3) is 22.4 Å². The molecule has 2 heterocycles. The van der Waals surface area contributed by atoms with Gasteiger partial charge in [0, 0.05) is 30.8 Å². The maximum Gasteiger partial charge on any atom is 0.303 e. The number of hydrogen-bond donors (Lipinski definition) is 3. The maximum atomic E-state index is 15.4. The molecular formula is C33H34FN5O4. The van der Waals surface area contributed by atoms with Gasteiger partial charge in [-0.3, -0.25) is 14.4 Å². The molecule has 0 aliphatic heterocycles. The molecule has 4 aromatic rings. The van der Waals surface area contributed by atoms with E-state index in [1.54, 1.807) is 54.7 Å².